The van der Waals surface area contributed by atoms with Gasteiger partial charge in [0.2, 0.25) is 5.91 Å². The first-order valence-electron chi connectivity index (χ1n) is 10.4. The number of carbonyl (C=O) groups excluding carboxylic acids is 1. The molecular formula is C24H25ClN4O2. The zero-order chi connectivity index (χ0) is 21.6. The molecule has 0 aliphatic carbocycles. The number of rotatable bonds is 6. The monoisotopic (exact) mass is 436 g/mol. The predicted molar refractivity (Wildman–Crippen MR) is 122 cm³/mol. The van der Waals surface area contributed by atoms with Crippen LogP contribution in [0.3, 0.4) is 0 Å². The number of ether oxygens (including phenoxy) is 1. The molecule has 1 fully saturated rings. The Morgan fingerprint density at radius 1 is 1.16 bits per heavy atom. The van der Waals surface area contributed by atoms with Gasteiger partial charge in [0, 0.05) is 30.2 Å². The minimum absolute atomic E-state index is 0.0678. The van der Waals surface area contributed by atoms with Gasteiger partial charge in [-0.25, -0.2) is 0 Å². The molecule has 1 N–H and O–H groups in total. The van der Waals surface area contributed by atoms with E-state index in [2.05, 4.69) is 20.4 Å². The molecule has 1 aliphatic heterocycles. The number of halogens is 1. The minimum Gasteiger partial charge on any atom is -0.497 e. The molecule has 1 amide bonds. The molecule has 6 nitrogen and oxygen atoms in total. The molecule has 160 valence electrons. The number of aromatic nitrogens is 2. The van der Waals surface area contributed by atoms with Crippen molar-refractivity contribution in [2.75, 3.05) is 25.1 Å². The normalized spacial score (nSPS) is 16.1. The Labute approximate surface area is 187 Å². The third kappa shape index (κ3) is 5.33. The summed E-state index contributed by atoms with van der Waals surface area (Å²) < 4.78 is 5.24. The van der Waals surface area contributed by atoms with Crippen molar-refractivity contribution in [3.8, 4) is 17.0 Å². The van der Waals surface area contributed by atoms with Gasteiger partial charge in [-0.15, -0.1) is 10.2 Å². The molecule has 1 aromatic heterocycles. The van der Waals surface area contributed by atoms with E-state index in [4.69, 9.17) is 16.3 Å². The number of carbonyl (C=O) groups is 1. The first-order valence-corrected chi connectivity index (χ1v) is 10.8. The van der Waals surface area contributed by atoms with Crippen LogP contribution in [0.4, 0.5) is 5.82 Å². The van der Waals surface area contributed by atoms with Crippen LogP contribution in [0.5, 0.6) is 5.75 Å². The van der Waals surface area contributed by atoms with Crippen molar-refractivity contribution in [3.63, 3.8) is 0 Å². The van der Waals surface area contributed by atoms with Crippen LogP contribution >= 0.6 is 11.6 Å². The fourth-order valence-electron chi connectivity index (χ4n) is 3.78. The van der Waals surface area contributed by atoms with Gasteiger partial charge >= 0.3 is 0 Å². The van der Waals surface area contributed by atoms with Crippen LogP contribution in [-0.4, -0.2) is 36.3 Å². The second-order valence-corrected chi connectivity index (χ2v) is 8.07. The third-order valence-electron chi connectivity index (χ3n) is 5.51. The topological polar surface area (TPSA) is 67.3 Å². The molecule has 2 aromatic carbocycles. The van der Waals surface area contributed by atoms with Crippen LogP contribution in [0.2, 0.25) is 5.02 Å². The van der Waals surface area contributed by atoms with Gasteiger partial charge in [-0.3, -0.25) is 4.79 Å². The third-order valence-corrected chi connectivity index (χ3v) is 5.76. The molecule has 31 heavy (non-hydrogen) atoms. The van der Waals surface area contributed by atoms with E-state index in [1.54, 1.807) is 7.11 Å². The van der Waals surface area contributed by atoms with Crippen LogP contribution < -0.4 is 15.0 Å². The van der Waals surface area contributed by atoms with Crippen LogP contribution in [-0.2, 0) is 11.3 Å². The summed E-state index contributed by atoms with van der Waals surface area (Å²) in [5.74, 6) is 1.58. The van der Waals surface area contributed by atoms with E-state index in [0.717, 1.165) is 47.8 Å². The zero-order valence-electron chi connectivity index (χ0n) is 17.4. The van der Waals surface area contributed by atoms with Gasteiger partial charge < -0.3 is 15.0 Å². The van der Waals surface area contributed by atoms with Gasteiger partial charge in [-0.05, 0) is 54.8 Å². The van der Waals surface area contributed by atoms with Gasteiger partial charge in [-0.1, -0.05) is 35.9 Å². The van der Waals surface area contributed by atoms with Crippen molar-refractivity contribution < 1.29 is 9.53 Å². The number of nitrogens with zero attached hydrogens (tertiary/aromatic N) is 3. The fourth-order valence-corrected chi connectivity index (χ4v) is 3.91. The molecule has 1 atom stereocenters. The van der Waals surface area contributed by atoms with Crippen molar-refractivity contribution in [1.82, 2.24) is 15.5 Å². The molecule has 0 radical (unpaired) electrons. The van der Waals surface area contributed by atoms with Crippen molar-refractivity contribution in [3.05, 3.63) is 71.2 Å². The summed E-state index contributed by atoms with van der Waals surface area (Å²) in [6.07, 6.45) is 1.81. The summed E-state index contributed by atoms with van der Waals surface area (Å²) in [4.78, 5) is 14.9. The average molecular weight is 437 g/mol. The van der Waals surface area contributed by atoms with Crippen LogP contribution in [0.25, 0.3) is 11.3 Å². The van der Waals surface area contributed by atoms with Crippen LogP contribution in [0.15, 0.2) is 60.7 Å². The summed E-state index contributed by atoms with van der Waals surface area (Å²) in [5.41, 5.74) is 2.78. The molecule has 1 unspecified atom stereocenters. The van der Waals surface area contributed by atoms with Crippen molar-refractivity contribution in [2.24, 2.45) is 5.92 Å². The minimum atomic E-state index is -0.0721. The number of amides is 1. The Balaban J connectivity index is 1.36. The van der Waals surface area contributed by atoms with Crippen molar-refractivity contribution in [1.29, 1.82) is 0 Å². The van der Waals surface area contributed by atoms with Gasteiger partial charge in [0.25, 0.3) is 0 Å². The maximum absolute atomic E-state index is 12.8. The molecule has 2 heterocycles. The number of piperidine rings is 1. The Morgan fingerprint density at radius 3 is 2.74 bits per heavy atom. The quantitative estimate of drug-likeness (QED) is 0.622. The number of anilines is 1. The number of hydrogen-bond acceptors (Lipinski definition) is 5. The van der Waals surface area contributed by atoms with E-state index < -0.39 is 0 Å². The molecular weight excluding hydrogens is 412 g/mol. The molecule has 1 saturated heterocycles. The van der Waals surface area contributed by atoms with E-state index in [1.165, 1.54) is 0 Å². The Morgan fingerprint density at radius 2 is 2.00 bits per heavy atom. The SMILES string of the molecule is COc1cccc(CNC(=O)C2CCCN(c3ccc(-c4ccc(Cl)cc4)nn3)C2)c1. The number of nitrogens with one attached hydrogen (secondary N) is 1. The number of methoxy groups -OCH3 is 1. The Hall–Kier alpha value is -3.12. The first kappa shape index (κ1) is 21.1. The summed E-state index contributed by atoms with van der Waals surface area (Å²) >= 11 is 5.95. The smallest absolute Gasteiger partial charge is 0.225 e. The van der Waals surface area contributed by atoms with E-state index in [0.29, 0.717) is 18.1 Å². The highest BCUT2D eigenvalue weighted by molar-refractivity contribution is 6.30. The highest BCUT2D eigenvalue weighted by Crippen LogP contribution is 2.24. The van der Waals surface area contributed by atoms with E-state index >= 15 is 0 Å². The zero-order valence-corrected chi connectivity index (χ0v) is 18.2. The molecule has 0 saturated carbocycles. The first-order chi connectivity index (χ1) is 15.1. The second kappa shape index (κ2) is 9.79. The Kier molecular flexibility index (Phi) is 6.67. The van der Waals surface area contributed by atoms with Gasteiger partial charge in [-0.2, -0.15) is 0 Å². The molecule has 0 bridgehead atoms. The molecule has 3 aromatic rings. The number of benzene rings is 2. The maximum atomic E-state index is 12.8. The van der Waals surface area contributed by atoms with Crippen molar-refractivity contribution in [2.45, 2.75) is 19.4 Å². The average Bonchev–Trinajstić information content (AvgIpc) is 2.83. The lowest BCUT2D eigenvalue weighted by atomic mass is 9.97. The molecule has 1 aliphatic rings. The van der Waals surface area contributed by atoms with Gasteiger partial charge in [0.05, 0.1) is 18.7 Å². The summed E-state index contributed by atoms with van der Waals surface area (Å²) in [6.45, 7) is 2.00. The van der Waals surface area contributed by atoms with Crippen LogP contribution in [0, 0.1) is 5.92 Å². The highest BCUT2D eigenvalue weighted by Gasteiger charge is 2.26. The van der Waals surface area contributed by atoms with Crippen molar-refractivity contribution >= 4 is 23.3 Å². The van der Waals surface area contributed by atoms with E-state index in [1.807, 2.05) is 60.7 Å². The lowest BCUT2D eigenvalue weighted by molar-refractivity contribution is -0.125. The van der Waals surface area contributed by atoms with E-state index in [9.17, 15) is 4.79 Å². The predicted octanol–water partition coefficient (Wildman–Crippen LogP) is 4.34. The summed E-state index contributed by atoms with van der Waals surface area (Å²) in [7, 11) is 1.64. The molecule has 0 spiro atoms. The molecule has 7 heteroatoms. The lowest BCUT2D eigenvalue weighted by Gasteiger charge is -2.32. The standard InChI is InChI=1S/C24H25ClN4O2/c1-31-21-6-2-4-17(14-21)15-26-24(30)19-5-3-13-29(16-19)23-12-11-22(27-28-23)18-7-9-20(25)10-8-18/h2,4,6-12,14,19H,3,5,13,15-16H2,1H3,(H,26,30). The van der Waals surface area contributed by atoms with Gasteiger partial charge in [0.15, 0.2) is 5.82 Å². The summed E-state index contributed by atoms with van der Waals surface area (Å²) in [6, 6.07) is 19.2. The fraction of sp³-hybridized carbons (Fsp3) is 0.292. The highest BCUT2D eigenvalue weighted by atomic mass is 35.5. The maximum Gasteiger partial charge on any atom is 0.225 e. The Bertz CT molecular complexity index is 1020. The van der Waals surface area contributed by atoms with Gasteiger partial charge in [0.1, 0.15) is 5.75 Å². The molecule has 4 rings (SSSR count). The van der Waals surface area contributed by atoms with E-state index in [-0.39, 0.29) is 11.8 Å². The number of hydrogen-bond donors (Lipinski definition) is 1. The summed E-state index contributed by atoms with van der Waals surface area (Å²) in [5, 5.41) is 12.5. The second-order valence-electron chi connectivity index (χ2n) is 7.64. The van der Waals surface area contributed by atoms with Crippen LogP contribution in [0.1, 0.15) is 18.4 Å². The largest absolute Gasteiger partial charge is 0.497 e. The lowest BCUT2D eigenvalue weighted by Crippen LogP contribution is -2.43.